The second-order valence-electron chi connectivity index (χ2n) is 19.4. The first-order chi connectivity index (χ1) is 31.5. The number of carbonyl (C=O) groups excluding carboxylic acids is 5. The summed E-state index contributed by atoms with van der Waals surface area (Å²) in [6, 6.07) is 18.1. The van der Waals surface area contributed by atoms with E-state index in [1.807, 2.05) is 69.2 Å². The number of aromatic amines is 1. The van der Waals surface area contributed by atoms with E-state index in [-0.39, 0.29) is 48.0 Å². The number of anilines is 1. The highest BCUT2D eigenvalue weighted by atomic mass is 19.4. The molecule has 360 valence electrons. The van der Waals surface area contributed by atoms with Crippen LogP contribution in [0, 0.1) is 18.8 Å². The molecule has 0 bridgehead atoms. The van der Waals surface area contributed by atoms with Gasteiger partial charge in [-0.15, -0.1) is 0 Å². The first-order valence-electron chi connectivity index (χ1n) is 22.7. The molecule has 67 heavy (non-hydrogen) atoms. The number of piperidine rings is 1. The van der Waals surface area contributed by atoms with Crippen LogP contribution in [0.3, 0.4) is 0 Å². The number of aromatic nitrogens is 3. The SMILES string of the molecule is Cc1cc(C(=O)NC2CCN(C(=O)OC(C)(C)C)CC2)ccc1-c1ccc(CC(NC(=O)C2CCC(CNC(=O)OC(C)(C)C)CC2)C(=O)Nc2ccc(-c3n[nH]c(C(F)(F)F)n3)cc2)cc1. The van der Waals surface area contributed by atoms with Gasteiger partial charge in [0, 0.05) is 54.8 Å². The maximum Gasteiger partial charge on any atom is 0.451 e. The fraction of sp³-hybridized carbons (Fsp3) is 0.490. The second kappa shape index (κ2) is 21.0. The van der Waals surface area contributed by atoms with Crippen molar-refractivity contribution in [2.75, 3.05) is 25.0 Å². The molecule has 18 heteroatoms. The summed E-state index contributed by atoms with van der Waals surface area (Å²) in [6.45, 7) is 14.2. The summed E-state index contributed by atoms with van der Waals surface area (Å²) < 4.78 is 50.1. The predicted octanol–water partition coefficient (Wildman–Crippen LogP) is 8.59. The molecule has 1 saturated carbocycles. The zero-order chi connectivity index (χ0) is 48.7. The quantitative estimate of drug-likeness (QED) is 0.0924. The van der Waals surface area contributed by atoms with Crippen molar-refractivity contribution in [3.63, 3.8) is 0 Å². The molecule has 2 heterocycles. The summed E-state index contributed by atoms with van der Waals surface area (Å²) >= 11 is 0. The topological polar surface area (TPSA) is 197 Å². The number of alkyl halides is 3. The standard InChI is InChI=1S/C49H61F3N8O7/c1-29-26-35(42(62)54-37-22-24-60(25-23-37)46(65)67-48(5,6)7)18-21-38(29)32-12-8-30(9-13-32)27-39(56-41(61)34-14-10-31(11-15-34)28-53-45(64)66-47(2,3)4)43(63)55-36-19-16-33(17-20-36)40-57-44(59-58-40)49(50,51)52/h8-9,12-13,16-21,26,31,34,37,39H,10-11,14-15,22-25,27-28H2,1-7H3,(H,53,64)(H,54,62)(H,55,63)(H,56,61)(H,57,58,59). The van der Waals surface area contributed by atoms with Gasteiger partial charge in [0.1, 0.15) is 17.2 Å². The Hall–Kier alpha value is -6.46. The molecule has 3 aromatic carbocycles. The van der Waals surface area contributed by atoms with E-state index >= 15 is 0 Å². The van der Waals surface area contributed by atoms with Crippen molar-refractivity contribution in [1.82, 2.24) is 36.0 Å². The Morgan fingerprint density at radius 1 is 0.806 bits per heavy atom. The Balaban J connectivity index is 1.09. The van der Waals surface area contributed by atoms with Gasteiger partial charge in [-0.05, 0) is 152 Å². The number of aryl methyl sites for hydroxylation is 1. The molecule has 6 rings (SSSR count). The van der Waals surface area contributed by atoms with Crippen LogP contribution in [0.25, 0.3) is 22.5 Å². The average Bonchev–Trinajstić information content (AvgIpc) is 3.77. The summed E-state index contributed by atoms with van der Waals surface area (Å²) in [6.07, 6.45) is -1.59. The molecule has 1 saturated heterocycles. The Morgan fingerprint density at radius 3 is 2.01 bits per heavy atom. The number of alkyl carbamates (subject to hydrolysis) is 1. The average molecular weight is 931 g/mol. The van der Waals surface area contributed by atoms with Crippen LogP contribution in [0.1, 0.15) is 107 Å². The van der Waals surface area contributed by atoms with Crippen molar-refractivity contribution >= 4 is 35.6 Å². The van der Waals surface area contributed by atoms with Gasteiger partial charge in [-0.3, -0.25) is 19.5 Å². The minimum atomic E-state index is -4.69. The highest BCUT2D eigenvalue weighted by Gasteiger charge is 2.36. The Bertz CT molecular complexity index is 2370. The van der Waals surface area contributed by atoms with Gasteiger partial charge in [-0.1, -0.05) is 30.3 Å². The summed E-state index contributed by atoms with van der Waals surface area (Å²) in [5.41, 5.74) is 3.43. The van der Waals surface area contributed by atoms with Gasteiger partial charge in [0.05, 0.1) is 0 Å². The number of nitrogens with one attached hydrogen (secondary N) is 5. The number of H-pyrrole nitrogens is 1. The lowest BCUT2D eigenvalue weighted by Gasteiger charge is -2.33. The first-order valence-corrected chi connectivity index (χ1v) is 22.7. The third-order valence-electron chi connectivity index (χ3n) is 11.6. The van der Waals surface area contributed by atoms with E-state index in [9.17, 15) is 37.1 Å². The molecular weight excluding hydrogens is 870 g/mol. The Kier molecular flexibility index (Phi) is 15.7. The van der Waals surface area contributed by atoms with E-state index in [0.717, 1.165) is 22.3 Å². The molecule has 0 radical (unpaired) electrons. The fourth-order valence-corrected chi connectivity index (χ4v) is 8.11. The lowest BCUT2D eigenvalue weighted by atomic mass is 9.81. The van der Waals surface area contributed by atoms with E-state index in [1.165, 1.54) is 24.3 Å². The number of hydrogen-bond donors (Lipinski definition) is 5. The van der Waals surface area contributed by atoms with Gasteiger partial charge in [0.2, 0.25) is 17.6 Å². The van der Waals surface area contributed by atoms with Crippen LogP contribution in [-0.4, -0.2) is 92.9 Å². The van der Waals surface area contributed by atoms with Crippen LogP contribution in [0.2, 0.25) is 0 Å². The maximum absolute atomic E-state index is 14.0. The molecule has 4 aromatic rings. The molecule has 2 fully saturated rings. The lowest BCUT2D eigenvalue weighted by Crippen LogP contribution is -2.48. The highest BCUT2D eigenvalue weighted by molar-refractivity contribution is 5.98. The van der Waals surface area contributed by atoms with Crippen LogP contribution in [0.15, 0.2) is 66.7 Å². The monoisotopic (exact) mass is 930 g/mol. The van der Waals surface area contributed by atoms with Crippen molar-refractivity contribution in [3.8, 4) is 22.5 Å². The molecule has 1 atom stereocenters. The zero-order valence-electron chi connectivity index (χ0n) is 39.1. The minimum Gasteiger partial charge on any atom is -0.444 e. The number of nitrogens with zero attached hydrogens (tertiary/aromatic N) is 3. The molecule has 1 aromatic heterocycles. The summed E-state index contributed by atoms with van der Waals surface area (Å²) in [4.78, 5) is 70.9. The predicted molar refractivity (Wildman–Crippen MR) is 246 cm³/mol. The minimum absolute atomic E-state index is 0.0758. The smallest absolute Gasteiger partial charge is 0.444 e. The molecule has 1 aliphatic carbocycles. The molecule has 1 unspecified atom stereocenters. The Morgan fingerprint density at radius 2 is 1.43 bits per heavy atom. The van der Waals surface area contributed by atoms with Crippen molar-refractivity contribution in [2.24, 2.45) is 11.8 Å². The number of hydrogen-bond acceptors (Lipinski definition) is 9. The Labute approximate surface area is 388 Å². The van der Waals surface area contributed by atoms with Crippen LogP contribution in [-0.2, 0) is 31.7 Å². The lowest BCUT2D eigenvalue weighted by molar-refractivity contribution is -0.144. The molecule has 2 aliphatic rings. The van der Waals surface area contributed by atoms with Gasteiger partial charge < -0.3 is 35.6 Å². The van der Waals surface area contributed by atoms with Crippen LogP contribution in [0.4, 0.5) is 28.4 Å². The number of ether oxygens (including phenoxy) is 2. The molecular formula is C49H61F3N8O7. The number of carbonyl (C=O) groups is 5. The van der Waals surface area contributed by atoms with E-state index in [0.29, 0.717) is 75.0 Å². The van der Waals surface area contributed by atoms with Gasteiger partial charge in [0.25, 0.3) is 5.91 Å². The molecule has 0 spiro atoms. The number of halogens is 3. The van der Waals surface area contributed by atoms with Crippen molar-refractivity contribution in [1.29, 1.82) is 0 Å². The normalized spacial score (nSPS) is 17.5. The van der Waals surface area contributed by atoms with Crippen LogP contribution >= 0.6 is 0 Å². The van der Waals surface area contributed by atoms with Gasteiger partial charge >= 0.3 is 18.4 Å². The van der Waals surface area contributed by atoms with Gasteiger partial charge in [0.15, 0.2) is 5.82 Å². The van der Waals surface area contributed by atoms with Crippen LogP contribution < -0.4 is 21.3 Å². The zero-order valence-corrected chi connectivity index (χ0v) is 39.1. The number of likely N-dealkylation sites (tertiary alicyclic amines) is 1. The second-order valence-corrected chi connectivity index (χ2v) is 19.4. The summed E-state index contributed by atoms with van der Waals surface area (Å²) in [7, 11) is 0. The van der Waals surface area contributed by atoms with Crippen LogP contribution in [0.5, 0.6) is 0 Å². The molecule has 1 aliphatic heterocycles. The van der Waals surface area contributed by atoms with Crippen molar-refractivity contribution in [2.45, 2.75) is 123 Å². The maximum atomic E-state index is 14.0. The van der Waals surface area contributed by atoms with E-state index in [2.05, 4.69) is 31.3 Å². The third-order valence-corrected chi connectivity index (χ3v) is 11.6. The molecule has 15 nitrogen and oxygen atoms in total. The molecule has 5 amide bonds. The van der Waals surface area contributed by atoms with Crippen molar-refractivity contribution in [3.05, 3.63) is 89.2 Å². The highest BCUT2D eigenvalue weighted by Crippen LogP contribution is 2.31. The molecule has 5 N–H and O–H groups in total. The van der Waals surface area contributed by atoms with E-state index in [4.69, 9.17) is 9.47 Å². The summed E-state index contributed by atoms with van der Waals surface area (Å²) in [5, 5.41) is 17.3. The fourth-order valence-electron chi connectivity index (χ4n) is 8.11. The first kappa shape index (κ1) is 50.0. The van der Waals surface area contributed by atoms with Gasteiger partial charge in [-0.25, -0.2) is 14.6 Å². The number of rotatable bonds is 12. The largest absolute Gasteiger partial charge is 0.451 e. The third kappa shape index (κ3) is 14.5. The van der Waals surface area contributed by atoms with Crippen molar-refractivity contribution < 1.29 is 46.6 Å². The number of amides is 5. The number of benzene rings is 3. The van der Waals surface area contributed by atoms with Gasteiger partial charge in [-0.2, -0.15) is 18.3 Å². The van der Waals surface area contributed by atoms with E-state index in [1.54, 1.807) is 31.7 Å². The summed E-state index contributed by atoms with van der Waals surface area (Å²) in [5.74, 6) is -2.50. The van der Waals surface area contributed by atoms with E-state index < -0.39 is 41.2 Å².